The number of rotatable bonds is 25. The monoisotopic (exact) mass is 1000 g/mol. The van der Waals surface area contributed by atoms with Crippen LogP contribution in [-0.2, 0) is 51.8 Å². The minimum atomic E-state index is -1.16. The number of ketones is 3. The number of amides is 5. The van der Waals surface area contributed by atoms with Crippen molar-refractivity contribution in [1.29, 1.82) is 0 Å². The average Bonchev–Trinajstić information content (AvgIpc) is 4.09. The molecule has 2 saturated carbocycles. The maximum atomic E-state index is 13.8. The molecule has 2 aromatic carbocycles. The third kappa shape index (κ3) is 12.0. The minimum absolute atomic E-state index is 0.00703. The van der Waals surface area contributed by atoms with Gasteiger partial charge in [-0.05, 0) is 87.9 Å². The van der Waals surface area contributed by atoms with Gasteiger partial charge in [-0.3, -0.25) is 38.5 Å². The highest BCUT2D eigenvalue weighted by Gasteiger charge is 2.73. The summed E-state index contributed by atoms with van der Waals surface area (Å²) in [6.45, 7) is 6.34. The number of carbonyl (C=O) groups is 8. The number of unbranched alkanes of at least 4 members (excludes halogenated alkanes) is 1. The smallest absolute Gasteiger partial charge is 0.415 e. The van der Waals surface area contributed by atoms with E-state index in [0.29, 0.717) is 56.7 Å². The summed E-state index contributed by atoms with van der Waals surface area (Å²) < 4.78 is 12.4. The predicted molar refractivity (Wildman–Crippen MR) is 266 cm³/mol. The molecule has 5 amide bonds. The largest absolute Gasteiger partial charge is 0.477 e. The van der Waals surface area contributed by atoms with Gasteiger partial charge in [0.2, 0.25) is 23.6 Å². The van der Waals surface area contributed by atoms with Gasteiger partial charge in [-0.1, -0.05) is 49.7 Å². The van der Waals surface area contributed by atoms with E-state index in [1.807, 2.05) is 36.4 Å². The van der Waals surface area contributed by atoms with Gasteiger partial charge in [-0.15, -0.1) is 0 Å². The number of nitrogens with one attached hydrogen (secondary N) is 4. The van der Waals surface area contributed by atoms with Crippen molar-refractivity contribution in [2.45, 2.75) is 139 Å². The molecule has 1 saturated heterocycles. The Morgan fingerprint density at radius 3 is 2.38 bits per heavy atom. The second-order valence-electron chi connectivity index (χ2n) is 20.5. The molecule has 19 heteroatoms. The highest BCUT2D eigenvalue weighted by molar-refractivity contribution is 7.80. The number of nitrogens with two attached hydrogens (primary N) is 1. The van der Waals surface area contributed by atoms with E-state index in [-0.39, 0.29) is 73.8 Å². The molecular formula is C52H71N7O11S. The normalized spacial score (nSPS) is 23.9. The second-order valence-corrected chi connectivity index (χ2v) is 20.8. The molecule has 7 rings (SSSR count). The van der Waals surface area contributed by atoms with Crippen LogP contribution in [0.25, 0.3) is 0 Å². The number of likely N-dealkylation sites (tertiary alicyclic amines) is 1. The number of nitrogens with zero attached hydrogens (tertiary/aromatic N) is 2. The van der Waals surface area contributed by atoms with Crippen molar-refractivity contribution in [1.82, 2.24) is 31.1 Å². The fraction of sp³-hybridized carbons (Fsp3) is 0.615. The van der Waals surface area contributed by atoms with Crippen molar-refractivity contribution in [3.63, 3.8) is 0 Å². The summed E-state index contributed by atoms with van der Waals surface area (Å²) in [4.78, 5) is 108. The van der Waals surface area contributed by atoms with Crippen LogP contribution >= 0.6 is 12.6 Å². The molecule has 71 heavy (non-hydrogen) atoms. The Balaban J connectivity index is 0.945. The highest BCUT2D eigenvalue weighted by atomic mass is 32.1. The summed E-state index contributed by atoms with van der Waals surface area (Å²) in [6, 6.07) is 10.3. The maximum Gasteiger partial charge on any atom is 0.415 e. The highest BCUT2D eigenvalue weighted by Crippen LogP contribution is 2.65. The summed E-state index contributed by atoms with van der Waals surface area (Å²) in [5.41, 5.74) is 6.75. The van der Waals surface area contributed by atoms with Crippen LogP contribution in [0.15, 0.2) is 42.5 Å². The van der Waals surface area contributed by atoms with Gasteiger partial charge < -0.3 is 46.5 Å². The number of hydrogen-bond acceptors (Lipinski definition) is 14. The molecule has 3 aliphatic carbocycles. The number of Topliss-reactive ketones (excluding diaryl/α,β-unsaturated/α-hetero) is 3. The van der Waals surface area contributed by atoms with E-state index < -0.39 is 76.7 Å². The molecule has 2 aromatic rings. The van der Waals surface area contributed by atoms with Gasteiger partial charge in [0.15, 0.2) is 35.0 Å². The fourth-order valence-electron chi connectivity index (χ4n) is 11.1. The molecule has 3 fully saturated rings. The second kappa shape index (κ2) is 23.0. The van der Waals surface area contributed by atoms with Crippen LogP contribution in [0.3, 0.4) is 0 Å². The molecule has 2 heterocycles. The average molecular weight is 1000 g/mol. The number of carbonyl (C=O) groups excluding carboxylic acids is 8. The lowest BCUT2D eigenvalue weighted by Gasteiger charge is -2.62. The van der Waals surface area contributed by atoms with Crippen molar-refractivity contribution in [3.8, 4) is 11.5 Å². The van der Waals surface area contributed by atoms with Crippen molar-refractivity contribution < 1.29 is 52.9 Å². The van der Waals surface area contributed by atoms with E-state index in [2.05, 4.69) is 38.8 Å². The van der Waals surface area contributed by atoms with Crippen LogP contribution in [0, 0.1) is 17.8 Å². The van der Waals surface area contributed by atoms with Gasteiger partial charge in [0.25, 0.3) is 0 Å². The lowest BCUT2D eigenvalue weighted by molar-refractivity contribution is -0.188. The molecule has 386 valence electrons. The van der Waals surface area contributed by atoms with Crippen LogP contribution in [0.5, 0.6) is 11.5 Å². The zero-order chi connectivity index (χ0) is 51.2. The molecule has 5 aliphatic rings. The van der Waals surface area contributed by atoms with E-state index in [1.165, 1.54) is 38.6 Å². The van der Waals surface area contributed by atoms with Crippen molar-refractivity contribution >= 4 is 59.7 Å². The van der Waals surface area contributed by atoms with E-state index in [4.69, 9.17) is 15.2 Å². The van der Waals surface area contributed by atoms with Gasteiger partial charge in [0, 0.05) is 88.6 Å². The first kappa shape index (κ1) is 53.4. The van der Waals surface area contributed by atoms with Crippen LogP contribution in [0.4, 0.5) is 4.79 Å². The van der Waals surface area contributed by atoms with Gasteiger partial charge in [0.1, 0.15) is 0 Å². The molecule has 0 aromatic heterocycles. The summed E-state index contributed by atoms with van der Waals surface area (Å²) in [7, 11) is 1.52. The lowest BCUT2D eigenvalue weighted by Crippen LogP contribution is -2.76. The minimum Gasteiger partial charge on any atom is -0.477 e. The quantitative estimate of drug-likeness (QED) is 0.0558. The lowest BCUT2D eigenvalue weighted by atomic mass is 9.49. The standard InChI is InChI=1S/C52H71N7O11S/c1-30(24-41(63)38(29-71)57-32(3)60)47(64)56-31(2)40(62)26-36(12-8-9-20-54-49(66)37(53)25-33-10-6-5-7-11-33)48(65)55-21-23-58(4)50(67)69-42-16-15-35-27-43-52(68)18-17-39(61)46-51(52,44(35)45(42)70-46)19-22-59(43)28-34-13-14-34/h5-7,10-11,15-16,30-31,34,36-38,43,46,68,71H,8-9,12-14,17-29,53H2,1-4H3,(H,54,66)(H,55,65)(H,56,64)(H,57,60)/t30?,31?,36?,37?,38?,43-,46+,51+,52-/m1/s1. The first-order valence-electron chi connectivity index (χ1n) is 25.2. The Kier molecular flexibility index (Phi) is 17.3. The summed E-state index contributed by atoms with van der Waals surface area (Å²) in [6.07, 6.45) is 3.69. The van der Waals surface area contributed by atoms with Crippen molar-refractivity contribution in [2.24, 2.45) is 23.5 Å². The zero-order valence-corrected chi connectivity index (χ0v) is 42.2. The Morgan fingerprint density at radius 2 is 1.68 bits per heavy atom. The molecule has 1 spiro atoms. The number of hydrogen-bond donors (Lipinski definition) is 7. The van der Waals surface area contributed by atoms with Crippen molar-refractivity contribution in [3.05, 3.63) is 59.2 Å². The Hall–Kier alpha value is -5.37. The molecular weight excluding hydrogens is 931 g/mol. The maximum absolute atomic E-state index is 13.8. The molecule has 18 nitrogen and oxygen atoms in total. The van der Waals surface area contributed by atoms with Gasteiger partial charge in [-0.25, -0.2) is 4.79 Å². The number of benzene rings is 2. The van der Waals surface area contributed by atoms with E-state index in [9.17, 15) is 43.5 Å². The Morgan fingerprint density at radius 1 is 0.944 bits per heavy atom. The van der Waals surface area contributed by atoms with Crippen LogP contribution in [-0.4, -0.2) is 143 Å². The predicted octanol–water partition coefficient (Wildman–Crippen LogP) is 2.33. The molecule has 5 unspecified atom stereocenters. The summed E-state index contributed by atoms with van der Waals surface area (Å²) >= 11 is 4.13. The molecule has 7 N–H and O–H groups in total. The number of aliphatic hydroxyl groups is 1. The van der Waals surface area contributed by atoms with Crippen LogP contribution in [0.2, 0.25) is 0 Å². The molecule has 2 bridgehead atoms. The number of piperidine rings is 1. The third-order valence-electron chi connectivity index (χ3n) is 15.3. The first-order chi connectivity index (χ1) is 33.9. The van der Waals surface area contributed by atoms with Crippen molar-refractivity contribution in [2.75, 3.05) is 45.5 Å². The SMILES string of the molecule is CC(=O)NC(CS)C(=O)CC(C)C(=O)NC(C)C(=O)CC(CCCCNC(=O)C(N)Cc1ccccc1)C(=O)NCCN(C)C(=O)Oc1ccc2c3c1O[C@H]1C(=O)CC[C@@]4(O)[C@@H](C2)N(CC2CC2)CC[C@]314. The Labute approximate surface area is 421 Å². The number of thiol groups is 1. The first-order valence-corrected chi connectivity index (χ1v) is 25.8. The van der Waals surface area contributed by atoms with E-state index in [0.717, 1.165) is 29.8 Å². The molecule has 9 atom stereocenters. The zero-order valence-electron chi connectivity index (χ0n) is 41.3. The summed E-state index contributed by atoms with van der Waals surface area (Å²) in [5, 5.41) is 23.5. The van der Waals surface area contributed by atoms with E-state index in [1.54, 1.807) is 13.0 Å². The summed E-state index contributed by atoms with van der Waals surface area (Å²) in [5.74, 6) is -3.02. The van der Waals surface area contributed by atoms with Gasteiger partial charge in [-0.2, -0.15) is 12.6 Å². The molecule has 0 radical (unpaired) electrons. The number of likely N-dealkylation sites (N-methyl/N-ethyl adjacent to an activating group) is 1. The topological polar surface area (TPSA) is 256 Å². The molecule has 2 aliphatic heterocycles. The van der Waals surface area contributed by atoms with Crippen LogP contribution < -0.4 is 36.5 Å². The Bertz CT molecular complexity index is 2350. The van der Waals surface area contributed by atoms with Gasteiger partial charge >= 0.3 is 6.09 Å². The van der Waals surface area contributed by atoms with E-state index >= 15 is 0 Å². The third-order valence-corrected chi connectivity index (χ3v) is 15.6. The fourth-order valence-corrected chi connectivity index (χ4v) is 11.4. The van der Waals surface area contributed by atoms with Gasteiger partial charge in [0.05, 0.1) is 29.1 Å². The number of ether oxygens (including phenoxy) is 2. The van der Waals surface area contributed by atoms with Crippen LogP contribution in [0.1, 0.15) is 102 Å².